The van der Waals surface area contributed by atoms with Crippen LogP contribution in [0.25, 0.3) is 0 Å². The van der Waals surface area contributed by atoms with Crippen LogP contribution >= 0.6 is 0 Å². The SMILES string of the molecule is Cc1cc([N+](=O)[O-])c(F)cc1C(F)F. The summed E-state index contributed by atoms with van der Waals surface area (Å²) in [4.78, 5) is 9.29. The molecule has 0 heterocycles. The van der Waals surface area contributed by atoms with Crippen LogP contribution in [0.2, 0.25) is 0 Å². The van der Waals surface area contributed by atoms with Gasteiger partial charge in [0.2, 0.25) is 5.82 Å². The Morgan fingerprint density at radius 2 is 2.00 bits per heavy atom. The standard InChI is InChI=1S/C8H6F3NO2/c1-4-2-7(12(13)14)6(9)3-5(4)8(10)11/h2-3,8H,1H3. The van der Waals surface area contributed by atoms with Crippen LogP contribution in [0.5, 0.6) is 0 Å². The molecule has 0 bridgehead atoms. The smallest absolute Gasteiger partial charge is 0.258 e. The van der Waals surface area contributed by atoms with Gasteiger partial charge in [0, 0.05) is 11.6 Å². The fourth-order valence-electron chi connectivity index (χ4n) is 1.06. The maximum atomic E-state index is 12.9. The normalized spacial score (nSPS) is 10.6. The van der Waals surface area contributed by atoms with E-state index >= 15 is 0 Å². The highest BCUT2D eigenvalue weighted by atomic mass is 19.3. The molecule has 0 atom stereocenters. The summed E-state index contributed by atoms with van der Waals surface area (Å²) < 4.78 is 37.3. The zero-order valence-corrected chi connectivity index (χ0v) is 7.13. The van der Waals surface area contributed by atoms with Crippen molar-refractivity contribution in [1.82, 2.24) is 0 Å². The summed E-state index contributed by atoms with van der Waals surface area (Å²) in [6.07, 6.45) is -2.83. The summed E-state index contributed by atoms with van der Waals surface area (Å²) in [6, 6.07) is 1.30. The van der Waals surface area contributed by atoms with Crippen LogP contribution in [0.15, 0.2) is 12.1 Å². The van der Waals surface area contributed by atoms with E-state index in [-0.39, 0.29) is 5.56 Å². The van der Waals surface area contributed by atoms with E-state index in [9.17, 15) is 23.3 Å². The number of rotatable bonds is 2. The number of nitro benzene ring substituents is 1. The molecule has 0 spiro atoms. The summed E-state index contributed by atoms with van der Waals surface area (Å²) in [7, 11) is 0. The third-order valence-corrected chi connectivity index (χ3v) is 1.77. The van der Waals surface area contributed by atoms with Crippen molar-refractivity contribution in [3.63, 3.8) is 0 Å². The lowest BCUT2D eigenvalue weighted by Crippen LogP contribution is -1.97. The Morgan fingerprint density at radius 1 is 1.43 bits per heavy atom. The zero-order chi connectivity index (χ0) is 10.9. The Kier molecular flexibility index (Phi) is 2.73. The van der Waals surface area contributed by atoms with Crippen molar-refractivity contribution >= 4 is 5.69 Å². The minimum atomic E-state index is -2.83. The zero-order valence-electron chi connectivity index (χ0n) is 7.13. The topological polar surface area (TPSA) is 43.1 Å². The first-order chi connectivity index (χ1) is 6.43. The van der Waals surface area contributed by atoms with Gasteiger partial charge in [0.25, 0.3) is 6.43 Å². The molecule has 0 amide bonds. The quantitative estimate of drug-likeness (QED) is 0.550. The first kappa shape index (κ1) is 10.5. The van der Waals surface area contributed by atoms with Crippen LogP contribution in [-0.2, 0) is 0 Å². The largest absolute Gasteiger partial charge is 0.305 e. The number of benzene rings is 1. The fraction of sp³-hybridized carbons (Fsp3) is 0.250. The van der Waals surface area contributed by atoms with Gasteiger partial charge in [-0.1, -0.05) is 0 Å². The molecule has 0 aliphatic rings. The Hall–Kier alpha value is -1.59. The van der Waals surface area contributed by atoms with Gasteiger partial charge in [-0.3, -0.25) is 10.1 Å². The van der Waals surface area contributed by atoms with E-state index in [1.807, 2.05) is 0 Å². The number of nitrogens with zero attached hydrogens (tertiary/aromatic N) is 1. The second-order valence-electron chi connectivity index (χ2n) is 2.72. The van der Waals surface area contributed by atoms with Crippen LogP contribution in [0, 0.1) is 22.9 Å². The summed E-state index contributed by atoms with van der Waals surface area (Å²) in [5.41, 5.74) is -1.30. The molecule has 14 heavy (non-hydrogen) atoms. The van der Waals surface area contributed by atoms with E-state index < -0.39 is 28.4 Å². The van der Waals surface area contributed by atoms with Crippen LogP contribution in [0.1, 0.15) is 17.6 Å². The van der Waals surface area contributed by atoms with Gasteiger partial charge >= 0.3 is 5.69 Å². The Balaban J connectivity index is 3.31. The molecule has 1 aromatic rings. The van der Waals surface area contributed by atoms with Crippen molar-refractivity contribution < 1.29 is 18.1 Å². The molecule has 0 unspecified atom stereocenters. The number of hydrogen-bond acceptors (Lipinski definition) is 2. The molecular formula is C8H6F3NO2. The fourth-order valence-corrected chi connectivity index (χ4v) is 1.06. The molecule has 0 radical (unpaired) electrons. The molecular weight excluding hydrogens is 199 g/mol. The van der Waals surface area contributed by atoms with Crippen molar-refractivity contribution in [3.05, 3.63) is 39.2 Å². The summed E-state index contributed by atoms with van der Waals surface area (Å²) in [6.45, 7) is 1.27. The van der Waals surface area contributed by atoms with Gasteiger partial charge in [0.05, 0.1) is 4.92 Å². The number of halogens is 3. The molecule has 0 fully saturated rings. The van der Waals surface area contributed by atoms with E-state index in [4.69, 9.17) is 0 Å². The van der Waals surface area contributed by atoms with Gasteiger partial charge in [0.1, 0.15) is 0 Å². The lowest BCUT2D eigenvalue weighted by molar-refractivity contribution is -0.387. The lowest BCUT2D eigenvalue weighted by atomic mass is 10.1. The summed E-state index contributed by atoms with van der Waals surface area (Å²) in [5.74, 6) is -1.24. The molecule has 0 N–H and O–H groups in total. The highest BCUT2D eigenvalue weighted by Crippen LogP contribution is 2.28. The molecule has 0 aliphatic carbocycles. The molecule has 76 valence electrons. The van der Waals surface area contributed by atoms with Crippen LogP contribution in [0.4, 0.5) is 18.9 Å². The van der Waals surface area contributed by atoms with Gasteiger partial charge in [-0.25, -0.2) is 8.78 Å². The predicted molar refractivity (Wildman–Crippen MR) is 42.7 cm³/mol. The van der Waals surface area contributed by atoms with Crippen LogP contribution in [0.3, 0.4) is 0 Å². The lowest BCUT2D eigenvalue weighted by Gasteiger charge is -2.04. The second-order valence-corrected chi connectivity index (χ2v) is 2.72. The van der Waals surface area contributed by atoms with E-state index in [1.54, 1.807) is 0 Å². The molecule has 0 aliphatic heterocycles. The highest BCUT2D eigenvalue weighted by molar-refractivity contribution is 5.41. The average Bonchev–Trinajstić information content (AvgIpc) is 2.07. The van der Waals surface area contributed by atoms with E-state index in [0.717, 1.165) is 6.07 Å². The third-order valence-electron chi connectivity index (χ3n) is 1.77. The van der Waals surface area contributed by atoms with Crippen molar-refractivity contribution in [1.29, 1.82) is 0 Å². The maximum absolute atomic E-state index is 12.9. The Morgan fingerprint density at radius 3 is 2.43 bits per heavy atom. The molecule has 0 aromatic heterocycles. The molecule has 0 saturated carbocycles. The van der Waals surface area contributed by atoms with E-state index in [2.05, 4.69) is 0 Å². The number of aryl methyl sites for hydroxylation is 1. The summed E-state index contributed by atoms with van der Waals surface area (Å²) >= 11 is 0. The highest BCUT2D eigenvalue weighted by Gasteiger charge is 2.20. The first-order valence-corrected chi connectivity index (χ1v) is 3.66. The van der Waals surface area contributed by atoms with Gasteiger partial charge < -0.3 is 0 Å². The Bertz CT molecular complexity index is 379. The molecule has 1 rings (SSSR count). The average molecular weight is 205 g/mol. The van der Waals surface area contributed by atoms with Crippen molar-refractivity contribution in [2.45, 2.75) is 13.3 Å². The minimum absolute atomic E-state index is 0.00750. The van der Waals surface area contributed by atoms with Gasteiger partial charge in [-0.05, 0) is 18.6 Å². The predicted octanol–water partition coefficient (Wildman–Crippen LogP) is 2.98. The molecule has 1 aromatic carbocycles. The monoisotopic (exact) mass is 205 g/mol. The van der Waals surface area contributed by atoms with Crippen molar-refractivity contribution in [2.75, 3.05) is 0 Å². The first-order valence-electron chi connectivity index (χ1n) is 3.66. The number of nitro groups is 1. The summed E-state index contributed by atoms with van der Waals surface area (Å²) in [5, 5.41) is 10.2. The minimum Gasteiger partial charge on any atom is -0.258 e. The second kappa shape index (κ2) is 3.65. The maximum Gasteiger partial charge on any atom is 0.305 e. The number of alkyl halides is 2. The van der Waals surface area contributed by atoms with Crippen molar-refractivity contribution in [2.24, 2.45) is 0 Å². The van der Waals surface area contributed by atoms with Gasteiger partial charge in [-0.15, -0.1) is 0 Å². The van der Waals surface area contributed by atoms with E-state index in [0.29, 0.717) is 6.07 Å². The number of hydrogen-bond donors (Lipinski definition) is 0. The molecule has 3 nitrogen and oxygen atoms in total. The van der Waals surface area contributed by atoms with E-state index in [1.165, 1.54) is 6.92 Å². The van der Waals surface area contributed by atoms with Gasteiger partial charge in [-0.2, -0.15) is 4.39 Å². The van der Waals surface area contributed by atoms with Crippen molar-refractivity contribution in [3.8, 4) is 0 Å². The van der Waals surface area contributed by atoms with Crippen LogP contribution < -0.4 is 0 Å². The molecule has 0 saturated heterocycles. The third kappa shape index (κ3) is 1.84. The van der Waals surface area contributed by atoms with Gasteiger partial charge in [0.15, 0.2) is 0 Å². The van der Waals surface area contributed by atoms with Crippen LogP contribution in [-0.4, -0.2) is 4.92 Å². The molecule has 6 heteroatoms. The Labute approximate surface area is 77.3 Å².